The molecule has 2 aromatic rings. The third-order valence-electron chi connectivity index (χ3n) is 3.08. The van der Waals surface area contributed by atoms with Crippen LogP contribution in [0.4, 0.5) is 0 Å². The first-order chi connectivity index (χ1) is 9.13. The maximum absolute atomic E-state index is 12.0. The molecule has 19 heavy (non-hydrogen) atoms. The van der Waals surface area contributed by atoms with E-state index in [0.29, 0.717) is 5.56 Å². The zero-order valence-corrected chi connectivity index (χ0v) is 11.0. The lowest BCUT2D eigenvalue weighted by molar-refractivity contribution is 0.0973. The van der Waals surface area contributed by atoms with Crippen LogP contribution in [0.25, 0.3) is 10.8 Å². The number of hydrogen-bond donors (Lipinski definition) is 0. The van der Waals surface area contributed by atoms with E-state index in [1.165, 1.54) is 0 Å². The summed E-state index contributed by atoms with van der Waals surface area (Å²) in [5.74, 6) is 0.551. The summed E-state index contributed by atoms with van der Waals surface area (Å²) in [4.78, 5) is 12.0. The maximum atomic E-state index is 12.0. The minimum absolute atomic E-state index is 0.00627. The third kappa shape index (κ3) is 2.92. The number of fused-ring (bicyclic) bond motifs is 1. The van der Waals surface area contributed by atoms with Gasteiger partial charge in [-0.15, -0.1) is 0 Å². The Balaban J connectivity index is 2.32. The van der Waals surface area contributed by atoms with Crippen molar-refractivity contribution in [2.24, 2.45) is 5.92 Å². The molecule has 0 amide bonds. The van der Waals surface area contributed by atoms with Crippen LogP contribution in [0.5, 0.6) is 5.75 Å². The standard InChI is InChI=1S/C16H15NO2/c1-11(10-17)7-16(18)14-4-3-13-9-15(19-2)6-5-12(13)8-14/h3-6,8-9,11H,7H2,1-2H3. The van der Waals surface area contributed by atoms with Gasteiger partial charge in [-0.2, -0.15) is 5.26 Å². The topological polar surface area (TPSA) is 50.1 Å². The molecule has 0 fully saturated rings. The number of hydrogen-bond acceptors (Lipinski definition) is 3. The van der Waals surface area contributed by atoms with Crippen LogP contribution in [-0.4, -0.2) is 12.9 Å². The lowest BCUT2D eigenvalue weighted by Gasteiger charge is -2.06. The third-order valence-corrected chi connectivity index (χ3v) is 3.08. The van der Waals surface area contributed by atoms with Gasteiger partial charge in [-0.05, 0) is 35.9 Å². The Morgan fingerprint density at radius 1 is 1.26 bits per heavy atom. The Bertz CT molecular complexity index is 655. The van der Waals surface area contributed by atoms with Crippen molar-refractivity contribution in [1.82, 2.24) is 0 Å². The summed E-state index contributed by atoms with van der Waals surface area (Å²) in [5.41, 5.74) is 0.653. The van der Waals surface area contributed by atoms with E-state index in [0.717, 1.165) is 16.5 Å². The zero-order chi connectivity index (χ0) is 13.8. The molecule has 0 saturated heterocycles. The summed E-state index contributed by atoms with van der Waals surface area (Å²) in [7, 11) is 1.63. The molecule has 96 valence electrons. The van der Waals surface area contributed by atoms with E-state index in [4.69, 9.17) is 10.00 Å². The summed E-state index contributed by atoms with van der Waals surface area (Å²) in [6, 6.07) is 13.4. The van der Waals surface area contributed by atoms with Gasteiger partial charge in [0.2, 0.25) is 0 Å². The first-order valence-electron chi connectivity index (χ1n) is 6.14. The molecule has 0 saturated carbocycles. The fourth-order valence-electron chi connectivity index (χ4n) is 1.97. The summed E-state index contributed by atoms with van der Waals surface area (Å²) >= 11 is 0. The normalized spacial score (nSPS) is 11.8. The number of benzene rings is 2. The number of rotatable bonds is 4. The van der Waals surface area contributed by atoms with Gasteiger partial charge in [0.05, 0.1) is 19.1 Å². The van der Waals surface area contributed by atoms with E-state index in [2.05, 4.69) is 6.07 Å². The maximum Gasteiger partial charge on any atom is 0.164 e. The second-order valence-electron chi connectivity index (χ2n) is 4.59. The number of methoxy groups -OCH3 is 1. The SMILES string of the molecule is COc1ccc2cc(C(=O)CC(C)C#N)ccc2c1. The first kappa shape index (κ1) is 13.1. The highest BCUT2D eigenvalue weighted by atomic mass is 16.5. The zero-order valence-electron chi connectivity index (χ0n) is 11.0. The number of carbonyl (C=O) groups excluding carboxylic acids is 1. The Labute approximate surface area is 112 Å². The van der Waals surface area contributed by atoms with Crippen LogP contribution in [0.3, 0.4) is 0 Å². The molecule has 2 aromatic carbocycles. The molecule has 1 unspecified atom stereocenters. The Morgan fingerprint density at radius 2 is 1.95 bits per heavy atom. The predicted molar refractivity (Wildman–Crippen MR) is 74.2 cm³/mol. The van der Waals surface area contributed by atoms with Crippen molar-refractivity contribution in [1.29, 1.82) is 5.26 Å². The van der Waals surface area contributed by atoms with Gasteiger partial charge in [0, 0.05) is 12.0 Å². The molecule has 1 atom stereocenters. The Hall–Kier alpha value is -2.34. The van der Waals surface area contributed by atoms with E-state index >= 15 is 0 Å². The number of ketones is 1. The molecule has 0 spiro atoms. The highest BCUT2D eigenvalue weighted by Gasteiger charge is 2.11. The lowest BCUT2D eigenvalue weighted by atomic mass is 9.98. The highest BCUT2D eigenvalue weighted by molar-refractivity contribution is 6.00. The fraction of sp³-hybridized carbons (Fsp3) is 0.250. The van der Waals surface area contributed by atoms with Crippen LogP contribution < -0.4 is 4.74 Å². The average Bonchev–Trinajstić information content (AvgIpc) is 2.45. The van der Waals surface area contributed by atoms with Gasteiger partial charge in [0.1, 0.15) is 5.75 Å². The minimum Gasteiger partial charge on any atom is -0.497 e. The van der Waals surface area contributed by atoms with Gasteiger partial charge in [-0.25, -0.2) is 0 Å². The quantitative estimate of drug-likeness (QED) is 0.782. The number of nitriles is 1. The van der Waals surface area contributed by atoms with Gasteiger partial charge >= 0.3 is 0 Å². The predicted octanol–water partition coefficient (Wildman–Crippen LogP) is 3.58. The molecular formula is C16H15NO2. The van der Waals surface area contributed by atoms with E-state index in [9.17, 15) is 4.79 Å². The van der Waals surface area contributed by atoms with Gasteiger partial charge in [-0.1, -0.05) is 18.2 Å². The van der Waals surface area contributed by atoms with Crippen LogP contribution in [0.15, 0.2) is 36.4 Å². The second kappa shape index (κ2) is 5.53. The summed E-state index contributed by atoms with van der Waals surface area (Å²) in [5, 5.41) is 10.8. The fourth-order valence-corrected chi connectivity index (χ4v) is 1.97. The molecule has 0 heterocycles. The van der Waals surface area contributed by atoms with Crippen molar-refractivity contribution in [3.63, 3.8) is 0 Å². The monoisotopic (exact) mass is 253 g/mol. The summed E-state index contributed by atoms with van der Waals surface area (Å²) in [6.07, 6.45) is 0.262. The largest absolute Gasteiger partial charge is 0.497 e. The molecular weight excluding hydrogens is 238 g/mol. The van der Waals surface area contributed by atoms with Gasteiger partial charge in [0.15, 0.2) is 5.78 Å². The van der Waals surface area contributed by atoms with Crippen LogP contribution in [-0.2, 0) is 0 Å². The molecule has 0 aliphatic rings. The van der Waals surface area contributed by atoms with Crippen molar-refractivity contribution >= 4 is 16.6 Å². The molecule has 0 aliphatic heterocycles. The molecule has 3 nitrogen and oxygen atoms in total. The Kier molecular flexibility index (Phi) is 3.82. The van der Waals surface area contributed by atoms with Crippen LogP contribution in [0.2, 0.25) is 0 Å². The van der Waals surface area contributed by atoms with Crippen LogP contribution in [0.1, 0.15) is 23.7 Å². The van der Waals surface area contributed by atoms with Crippen molar-refractivity contribution in [3.8, 4) is 11.8 Å². The molecule has 3 heteroatoms. The average molecular weight is 253 g/mol. The van der Waals surface area contributed by atoms with Gasteiger partial charge in [-0.3, -0.25) is 4.79 Å². The van der Waals surface area contributed by atoms with Crippen molar-refractivity contribution in [2.75, 3.05) is 7.11 Å². The number of nitrogens with zero attached hydrogens (tertiary/aromatic N) is 1. The number of ether oxygens (including phenoxy) is 1. The number of carbonyl (C=O) groups is 1. The molecule has 2 rings (SSSR count). The summed E-state index contributed by atoms with van der Waals surface area (Å²) < 4.78 is 5.16. The first-order valence-corrected chi connectivity index (χ1v) is 6.14. The molecule has 0 radical (unpaired) electrons. The number of Topliss-reactive ketones (excluding diaryl/α,β-unsaturated/α-hetero) is 1. The molecule has 0 aromatic heterocycles. The van der Waals surface area contributed by atoms with Crippen molar-refractivity contribution in [3.05, 3.63) is 42.0 Å². The van der Waals surface area contributed by atoms with E-state index < -0.39 is 0 Å². The van der Waals surface area contributed by atoms with Crippen LogP contribution >= 0.6 is 0 Å². The van der Waals surface area contributed by atoms with Gasteiger partial charge in [0.25, 0.3) is 0 Å². The van der Waals surface area contributed by atoms with E-state index in [1.807, 2.05) is 30.3 Å². The van der Waals surface area contributed by atoms with E-state index in [1.54, 1.807) is 20.1 Å². The molecule has 0 aliphatic carbocycles. The minimum atomic E-state index is -0.251. The smallest absolute Gasteiger partial charge is 0.164 e. The van der Waals surface area contributed by atoms with Gasteiger partial charge < -0.3 is 4.74 Å². The lowest BCUT2D eigenvalue weighted by Crippen LogP contribution is -2.04. The van der Waals surface area contributed by atoms with Crippen molar-refractivity contribution < 1.29 is 9.53 Å². The second-order valence-corrected chi connectivity index (χ2v) is 4.59. The summed E-state index contributed by atoms with van der Waals surface area (Å²) in [6.45, 7) is 1.75. The Morgan fingerprint density at radius 3 is 2.63 bits per heavy atom. The molecule has 0 N–H and O–H groups in total. The van der Waals surface area contributed by atoms with Crippen LogP contribution in [0, 0.1) is 17.2 Å². The van der Waals surface area contributed by atoms with Crippen molar-refractivity contribution in [2.45, 2.75) is 13.3 Å². The molecule has 0 bridgehead atoms. The van der Waals surface area contributed by atoms with E-state index in [-0.39, 0.29) is 18.1 Å². The highest BCUT2D eigenvalue weighted by Crippen LogP contribution is 2.22.